The third-order valence-electron chi connectivity index (χ3n) is 4.32. The lowest BCUT2D eigenvalue weighted by atomic mass is 9.92. The molecule has 0 N–H and O–H groups in total. The highest BCUT2D eigenvalue weighted by Gasteiger charge is 2.24. The molecule has 3 heteroatoms. The fraction of sp³-hybridized carbons (Fsp3) is 0.389. The Morgan fingerprint density at radius 3 is 2.57 bits per heavy atom. The second kappa shape index (κ2) is 6.17. The van der Waals surface area contributed by atoms with E-state index in [1.165, 1.54) is 12.8 Å². The number of nitrogens with zero attached hydrogens (tertiary/aromatic N) is 2. The summed E-state index contributed by atoms with van der Waals surface area (Å²) in [6.07, 6.45) is 8.50. The first-order chi connectivity index (χ1) is 10.3. The molecule has 3 nitrogen and oxygen atoms in total. The van der Waals surface area contributed by atoms with Crippen molar-refractivity contribution in [2.45, 2.75) is 39.0 Å². The Morgan fingerprint density at radius 2 is 1.86 bits per heavy atom. The highest BCUT2D eigenvalue weighted by atomic mass is 16.1. The Balaban J connectivity index is 1.92. The van der Waals surface area contributed by atoms with E-state index in [0.29, 0.717) is 18.0 Å². The van der Waals surface area contributed by atoms with Gasteiger partial charge in [-0.15, -0.1) is 0 Å². The number of carbonyl (C=O) groups excluding carboxylic acids is 1. The Hall–Kier alpha value is -2.03. The van der Waals surface area contributed by atoms with E-state index >= 15 is 0 Å². The van der Waals surface area contributed by atoms with Crippen LogP contribution < -0.4 is 0 Å². The highest BCUT2D eigenvalue weighted by molar-refractivity contribution is 5.85. The molecule has 2 aromatic rings. The minimum atomic E-state index is 0.259. The molecule has 0 aliphatic heterocycles. The SMILES string of the molecule is Cc1cccc(CC(=O)C2CCCC2)c1-c1ncccn1. The predicted octanol–water partition coefficient (Wildman–Crippen LogP) is 3.75. The lowest BCUT2D eigenvalue weighted by molar-refractivity contribution is -0.122. The van der Waals surface area contributed by atoms with Gasteiger partial charge in [-0.05, 0) is 37.0 Å². The topological polar surface area (TPSA) is 42.9 Å². The maximum absolute atomic E-state index is 12.5. The summed E-state index contributed by atoms with van der Waals surface area (Å²) >= 11 is 0. The van der Waals surface area contributed by atoms with Crippen LogP contribution in [0.25, 0.3) is 11.4 Å². The average Bonchev–Trinajstić information content (AvgIpc) is 3.02. The minimum absolute atomic E-state index is 0.259. The molecule has 1 aromatic heterocycles. The van der Waals surface area contributed by atoms with Gasteiger partial charge in [0.15, 0.2) is 5.82 Å². The average molecular weight is 280 g/mol. The van der Waals surface area contributed by atoms with E-state index in [2.05, 4.69) is 23.0 Å². The van der Waals surface area contributed by atoms with Crippen LogP contribution in [-0.2, 0) is 11.2 Å². The zero-order valence-electron chi connectivity index (χ0n) is 12.4. The molecule has 1 heterocycles. The molecule has 3 rings (SSSR count). The molecule has 0 amide bonds. The highest BCUT2D eigenvalue weighted by Crippen LogP contribution is 2.29. The van der Waals surface area contributed by atoms with Crippen LogP contribution in [0.3, 0.4) is 0 Å². The molecule has 1 aliphatic carbocycles. The largest absolute Gasteiger partial charge is 0.299 e. The normalized spacial score (nSPS) is 15.3. The zero-order valence-corrected chi connectivity index (χ0v) is 12.4. The van der Waals surface area contributed by atoms with E-state index in [9.17, 15) is 4.79 Å². The van der Waals surface area contributed by atoms with Gasteiger partial charge in [0.05, 0.1) is 0 Å². The summed E-state index contributed by atoms with van der Waals surface area (Å²) < 4.78 is 0. The second-order valence-electron chi connectivity index (χ2n) is 5.81. The lowest BCUT2D eigenvalue weighted by Gasteiger charge is -2.13. The lowest BCUT2D eigenvalue weighted by Crippen LogP contribution is -2.14. The molecule has 0 unspecified atom stereocenters. The van der Waals surface area contributed by atoms with Gasteiger partial charge in [-0.3, -0.25) is 4.79 Å². The van der Waals surface area contributed by atoms with E-state index in [4.69, 9.17) is 0 Å². The van der Waals surface area contributed by atoms with Gasteiger partial charge < -0.3 is 0 Å². The number of aryl methyl sites for hydroxylation is 1. The number of carbonyl (C=O) groups is 1. The minimum Gasteiger partial charge on any atom is -0.299 e. The Labute approximate surface area is 125 Å². The summed E-state index contributed by atoms with van der Waals surface area (Å²) in [5.41, 5.74) is 3.19. The van der Waals surface area contributed by atoms with Gasteiger partial charge in [0.1, 0.15) is 5.78 Å². The van der Waals surface area contributed by atoms with E-state index in [1.807, 2.05) is 18.2 Å². The van der Waals surface area contributed by atoms with Crippen molar-refractivity contribution in [3.8, 4) is 11.4 Å². The third-order valence-corrected chi connectivity index (χ3v) is 4.32. The molecular weight excluding hydrogens is 260 g/mol. The van der Waals surface area contributed by atoms with Crippen LogP contribution in [-0.4, -0.2) is 15.8 Å². The van der Waals surface area contributed by atoms with Gasteiger partial charge in [-0.1, -0.05) is 31.0 Å². The summed E-state index contributed by atoms with van der Waals surface area (Å²) in [4.78, 5) is 21.2. The first kappa shape index (κ1) is 13.9. The third kappa shape index (κ3) is 3.02. The quantitative estimate of drug-likeness (QED) is 0.856. The summed E-state index contributed by atoms with van der Waals surface area (Å²) in [5, 5.41) is 0. The molecule has 21 heavy (non-hydrogen) atoms. The number of aromatic nitrogens is 2. The fourth-order valence-corrected chi connectivity index (χ4v) is 3.20. The summed E-state index contributed by atoms with van der Waals surface area (Å²) in [5.74, 6) is 1.34. The monoisotopic (exact) mass is 280 g/mol. The van der Waals surface area contributed by atoms with Crippen molar-refractivity contribution in [1.82, 2.24) is 9.97 Å². The van der Waals surface area contributed by atoms with Gasteiger partial charge in [0.2, 0.25) is 0 Å². The van der Waals surface area contributed by atoms with Crippen LogP contribution in [0, 0.1) is 12.8 Å². The second-order valence-corrected chi connectivity index (χ2v) is 5.81. The molecule has 1 fully saturated rings. The number of hydrogen-bond acceptors (Lipinski definition) is 3. The molecule has 108 valence electrons. The molecule has 0 saturated heterocycles. The molecule has 1 saturated carbocycles. The summed E-state index contributed by atoms with van der Waals surface area (Å²) in [6.45, 7) is 2.05. The molecule has 0 spiro atoms. The van der Waals surface area contributed by atoms with E-state index in [0.717, 1.165) is 29.5 Å². The Bertz CT molecular complexity index is 631. The maximum Gasteiger partial charge on any atom is 0.159 e. The number of hydrogen-bond donors (Lipinski definition) is 0. The number of rotatable bonds is 4. The number of Topliss-reactive ketones (excluding diaryl/α,β-unsaturated/α-hetero) is 1. The number of benzene rings is 1. The van der Waals surface area contributed by atoms with Gasteiger partial charge in [0, 0.05) is 30.3 Å². The molecule has 0 radical (unpaired) electrons. The van der Waals surface area contributed by atoms with Crippen molar-refractivity contribution in [2.24, 2.45) is 5.92 Å². The first-order valence-corrected chi connectivity index (χ1v) is 7.64. The molecular formula is C18H20N2O. The Kier molecular flexibility index (Phi) is 4.09. The van der Waals surface area contributed by atoms with Crippen LogP contribution >= 0.6 is 0 Å². The van der Waals surface area contributed by atoms with E-state index in [-0.39, 0.29) is 5.92 Å². The van der Waals surface area contributed by atoms with Gasteiger partial charge in [0.25, 0.3) is 0 Å². The molecule has 0 atom stereocenters. The van der Waals surface area contributed by atoms with Crippen LogP contribution in [0.4, 0.5) is 0 Å². The molecule has 0 bridgehead atoms. The maximum atomic E-state index is 12.5. The van der Waals surface area contributed by atoms with Crippen LogP contribution in [0.2, 0.25) is 0 Å². The van der Waals surface area contributed by atoms with Gasteiger partial charge >= 0.3 is 0 Å². The van der Waals surface area contributed by atoms with Crippen molar-refractivity contribution in [1.29, 1.82) is 0 Å². The molecule has 1 aliphatic rings. The van der Waals surface area contributed by atoms with E-state index in [1.54, 1.807) is 12.4 Å². The van der Waals surface area contributed by atoms with E-state index < -0.39 is 0 Å². The standard InChI is InChI=1S/C18H20N2O/c1-13-6-4-9-15(12-16(21)14-7-2-3-8-14)17(13)18-19-10-5-11-20-18/h4-6,9-11,14H,2-3,7-8,12H2,1H3. The Morgan fingerprint density at radius 1 is 1.14 bits per heavy atom. The fourth-order valence-electron chi connectivity index (χ4n) is 3.20. The van der Waals surface area contributed by atoms with Crippen molar-refractivity contribution in [3.63, 3.8) is 0 Å². The van der Waals surface area contributed by atoms with Crippen LogP contribution in [0.1, 0.15) is 36.8 Å². The van der Waals surface area contributed by atoms with Gasteiger partial charge in [-0.2, -0.15) is 0 Å². The van der Waals surface area contributed by atoms with Gasteiger partial charge in [-0.25, -0.2) is 9.97 Å². The zero-order chi connectivity index (χ0) is 14.7. The first-order valence-electron chi connectivity index (χ1n) is 7.64. The van der Waals surface area contributed by atoms with Crippen LogP contribution in [0.15, 0.2) is 36.7 Å². The van der Waals surface area contributed by atoms with Crippen molar-refractivity contribution in [2.75, 3.05) is 0 Å². The van der Waals surface area contributed by atoms with Crippen molar-refractivity contribution < 1.29 is 4.79 Å². The molecule has 1 aromatic carbocycles. The number of ketones is 1. The van der Waals surface area contributed by atoms with Crippen molar-refractivity contribution >= 4 is 5.78 Å². The predicted molar refractivity (Wildman–Crippen MR) is 82.9 cm³/mol. The smallest absolute Gasteiger partial charge is 0.159 e. The summed E-state index contributed by atoms with van der Waals surface area (Å²) in [7, 11) is 0. The summed E-state index contributed by atoms with van der Waals surface area (Å²) in [6, 6.07) is 7.91. The van der Waals surface area contributed by atoms with Crippen LogP contribution in [0.5, 0.6) is 0 Å². The van der Waals surface area contributed by atoms with Crippen molar-refractivity contribution in [3.05, 3.63) is 47.8 Å².